The fourth-order valence-electron chi connectivity index (χ4n) is 3.49. The van der Waals surface area contributed by atoms with Crippen LogP contribution in [0.3, 0.4) is 0 Å². The zero-order valence-electron chi connectivity index (χ0n) is 16.9. The van der Waals surface area contributed by atoms with Crippen molar-refractivity contribution >= 4 is 23.2 Å². The van der Waals surface area contributed by atoms with Crippen LogP contribution < -0.4 is 17.7 Å². The maximum absolute atomic E-state index is 13.0. The molecule has 0 spiro atoms. The van der Waals surface area contributed by atoms with Gasteiger partial charge in [0.2, 0.25) is 0 Å². The van der Waals surface area contributed by atoms with E-state index in [9.17, 15) is 14.4 Å². The number of benzene rings is 2. The van der Waals surface area contributed by atoms with Crippen molar-refractivity contribution in [2.24, 2.45) is 0 Å². The summed E-state index contributed by atoms with van der Waals surface area (Å²) in [6.07, 6.45) is 2.12. The number of hydrogen-bond donors (Lipinski definition) is 1. The summed E-state index contributed by atoms with van der Waals surface area (Å²) >= 11 is 0. The van der Waals surface area contributed by atoms with Gasteiger partial charge in [-0.15, -0.1) is 0 Å². The molecule has 156 valence electrons. The molecule has 29 heavy (non-hydrogen) atoms. The minimum atomic E-state index is -0.226. The summed E-state index contributed by atoms with van der Waals surface area (Å²) in [5, 5.41) is 2.86. The SMILES string of the molecule is CCCC[N+](C)(C)CC(=O)Nc1cccc2c1C(=O)c1ccccc1C2=O.O.[Cl-]. The van der Waals surface area contributed by atoms with E-state index >= 15 is 0 Å². The molecule has 2 aromatic rings. The van der Waals surface area contributed by atoms with E-state index < -0.39 is 0 Å². The van der Waals surface area contributed by atoms with Crippen LogP contribution in [0.2, 0.25) is 0 Å². The summed E-state index contributed by atoms with van der Waals surface area (Å²) in [5.74, 6) is -0.574. The van der Waals surface area contributed by atoms with Crippen molar-refractivity contribution in [2.75, 3.05) is 32.5 Å². The summed E-state index contributed by atoms with van der Waals surface area (Å²) in [6.45, 7) is 3.33. The van der Waals surface area contributed by atoms with E-state index in [4.69, 9.17) is 0 Å². The molecule has 0 aliphatic heterocycles. The van der Waals surface area contributed by atoms with E-state index in [1.807, 2.05) is 14.1 Å². The molecule has 0 heterocycles. The van der Waals surface area contributed by atoms with Crippen molar-refractivity contribution in [1.82, 2.24) is 0 Å². The van der Waals surface area contributed by atoms with Gasteiger partial charge in [0.05, 0.1) is 31.9 Å². The molecule has 0 saturated carbocycles. The minimum absolute atomic E-state index is 0. The lowest BCUT2D eigenvalue weighted by atomic mass is 9.83. The van der Waals surface area contributed by atoms with Crippen molar-refractivity contribution in [3.63, 3.8) is 0 Å². The van der Waals surface area contributed by atoms with E-state index in [-0.39, 0.29) is 40.9 Å². The molecule has 0 atom stereocenters. The lowest BCUT2D eigenvalue weighted by Crippen LogP contribution is -3.00. The second-order valence-corrected chi connectivity index (χ2v) is 7.65. The van der Waals surface area contributed by atoms with Crippen molar-refractivity contribution < 1.29 is 36.7 Å². The zero-order valence-corrected chi connectivity index (χ0v) is 17.7. The first kappa shape index (κ1) is 24.5. The van der Waals surface area contributed by atoms with Crippen LogP contribution in [-0.4, -0.2) is 54.6 Å². The number of quaternary nitrogens is 1. The largest absolute Gasteiger partial charge is 1.00 e. The first-order valence-electron chi connectivity index (χ1n) is 9.27. The summed E-state index contributed by atoms with van der Waals surface area (Å²) in [7, 11) is 4.03. The first-order valence-corrected chi connectivity index (χ1v) is 9.27. The third kappa shape index (κ3) is 5.09. The Balaban J connectivity index is 0.00000210. The van der Waals surface area contributed by atoms with E-state index in [2.05, 4.69) is 12.2 Å². The normalized spacial score (nSPS) is 12.2. The number of hydrogen-bond acceptors (Lipinski definition) is 3. The monoisotopic (exact) mass is 418 g/mol. The highest BCUT2D eigenvalue weighted by Crippen LogP contribution is 2.31. The molecule has 6 nitrogen and oxygen atoms in total. The predicted molar refractivity (Wildman–Crippen MR) is 109 cm³/mol. The van der Waals surface area contributed by atoms with Crippen LogP contribution in [0.15, 0.2) is 42.5 Å². The van der Waals surface area contributed by atoms with Gasteiger partial charge in [0.1, 0.15) is 0 Å². The second-order valence-electron chi connectivity index (χ2n) is 7.65. The van der Waals surface area contributed by atoms with Crippen LogP contribution in [0.1, 0.15) is 51.6 Å². The Morgan fingerprint density at radius 1 is 0.931 bits per heavy atom. The third-order valence-electron chi connectivity index (χ3n) is 4.92. The first-order chi connectivity index (χ1) is 12.8. The summed E-state index contributed by atoms with van der Waals surface area (Å²) in [6, 6.07) is 11.8. The average molecular weight is 419 g/mol. The van der Waals surface area contributed by atoms with Crippen LogP contribution >= 0.6 is 0 Å². The highest BCUT2D eigenvalue weighted by Gasteiger charge is 2.32. The molecule has 1 aliphatic rings. The summed E-state index contributed by atoms with van der Waals surface area (Å²) < 4.78 is 0.574. The van der Waals surface area contributed by atoms with Gasteiger partial charge >= 0.3 is 0 Å². The topological polar surface area (TPSA) is 94.7 Å². The number of unbranched alkanes of at least 4 members (excludes halogenated alkanes) is 1. The Labute approximate surface area is 177 Å². The minimum Gasteiger partial charge on any atom is -1.00 e. The Morgan fingerprint density at radius 2 is 1.52 bits per heavy atom. The lowest BCUT2D eigenvalue weighted by molar-refractivity contribution is -0.882. The van der Waals surface area contributed by atoms with Gasteiger partial charge in [0.15, 0.2) is 18.1 Å². The highest BCUT2D eigenvalue weighted by atomic mass is 35.5. The molecule has 0 bridgehead atoms. The molecule has 0 radical (unpaired) electrons. The average Bonchev–Trinajstić information content (AvgIpc) is 2.64. The second kappa shape index (κ2) is 9.78. The van der Waals surface area contributed by atoms with E-state index in [1.54, 1.807) is 42.5 Å². The fraction of sp³-hybridized carbons (Fsp3) is 0.318. The number of nitrogens with zero attached hydrogens (tertiary/aromatic N) is 1. The van der Waals surface area contributed by atoms with E-state index in [1.165, 1.54) is 0 Å². The number of nitrogens with one attached hydrogen (secondary N) is 1. The lowest BCUT2D eigenvalue weighted by Gasteiger charge is -2.29. The number of ketones is 2. The molecule has 2 aromatic carbocycles. The number of carbonyl (C=O) groups is 3. The van der Waals surface area contributed by atoms with Crippen LogP contribution in [0.5, 0.6) is 0 Å². The summed E-state index contributed by atoms with van der Waals surface area (Å²) in [5.41, 5.74) is 1.83. The van der Waals surface area contributed by atoms with Gasteiger partial charge in [-0.1, -0.05) is 49.7 Å². The molecule has 3 N–H and O–H groups in total. The van der Waals surface area contributed by atoms with Gasteiger partial charge < -0.3 is 27.7 Å². The van der Waals surface area contributed by atoms with Gasteiger partial charge in [-0.3, -0.25) is 14.4 Å². The Hall–Kier alpha value is -2.54. The number of anilines is 1. The number of fused-ring (bicyclic) bond motifs is 2. The molecular formula is C22H27ClN2O4. The maximum Gasteiger partial charge on any atom is 0.279 e. The van der Waals surface area contributed by atoms with Crippen molar-refractivity contribution in [3.8, 4) is 0 Å². The van der Waals surface area contributed by atoms with E-state index in [0.717, 1.165) is 19.4 Å². The molecular weight excluding hydrogens is 392 g/mol. The molecule has 1 amide bonds. The van der Waals surface area contributed by atoms with Gasteiger partial charge in [0.25, 0.3) is 5.91 Å². The number of rotatable bonds is 6. The highest BCUT2D eigenvalue weighted by molar-refractivity contribution is 6.30. The van der Waals surface area contributed by atoms with E-state index in [0.29, 0.717) is 33.4 Å². The fourth-order valence-corrected chi connectivity index (χ4v) is 3.49. The quantitative estimate of drug-likeness (QED) is 0.544. The maximum atomic E-state index is 13.0. The van der Waals surface area contributed by atoms with Crippen LogP contribution in [-0.2, 0) is 4.79 Å². The van der Waals surface area contributed by atoms with Gasteiger partial charge in [0, 0.05) is 16.7 Å². The Bertz CT molecular complexity index is 925. The van der Waals surface area contributed by atoms with Crippen LogP contribution in [0.25, 0.3) is 0 Å². The molecule has 7 heteroatoms. The Morgan fingerprint density at radius 3 is 2.14 bits per heavy atom. The van der Waals surface area contributed by atoms with Crippen molar-refractivity contribution in [2.45, 2.75) is 19.8 Å². The number of carbonyl (C=O) groups excluding carboxylic acids is 3. The third-order valence-corrected chi connectivity index (χ3v) is 4.92. The molecule has 0 fully saturated rings. The van der Waals surface area contributed by atoms with Crippen LogP contribution in [0, 0.1) is 0 Å². The van der Waals surface area contributed by atoms with Gasteiger partial charge in [-0.2, -0.15) is 0 Å². The molecule has 0 unspecified atom stereocenters. The smallest absolute Gasteiger partial charge is 0.279 e. The molecule has 1 aliphatic carbocycles. The number of likely N-dealkylation sites (N-methyl/N-ethyl adjacent to an activating group) is 1. The molecule has 0 saturated heterocycles. The zero-order chi connectivity index (χ0) is 19.6. The van der Waals surface area contributed by atoms with Crippen molar-refractivity contribution in [1.29, 1.82) is 0 Å². The van der Waals surface area contributed by atoms with Gasteiger partial charge in [-0.25, -0.2) is 0 Å². The Kier molecular flexibility index (Phi) is 8.26. The summed E-state index contributed by atoms with van der Waals surface area (Å²) in [4.78, 5) is 38.3. The molecule has 0 aromatic heterocycles. The number of halogens is 1. The standard InChI is InChI=1S/C22H24N2O3.ClH.H2O/c1-4-5-13-24(2,3)14-19(25)23-18-12-8-11-17-20(18)22(27)16-10-7-6-9-15(16)21(17)26;;/h6-12H,4-5,13-14H2,1-3H3;1H;1H2. The predicted octanol–water partition coefficient (Wildman–Crippen LogP) is -0.544. The van der Waals surface area contributed by atoms with Crippen LogP contribution in [0.4, 0.5) is 5.69 Å². The number of amides is 1. The molecule has 3 rings (SSSR count). The van der Waals surface area contributed by atoms with Gasteiger partial charge in [-0.05, 0) is 12.5 Å². The van der Waals surface area contributed by atoms with Crippen molar-refractivity contribution in [3.05, 3.63) is 64.7 Å².